The maximum absolute atomic E-state index is 14.5. The van der Waals surface area contributed by atoms with Crippen LogP contribution in [0.25, 0.3) is 0 Å². The third-order valence-corrected chi connectivity index (χ3v) is 6.93. The summed E-state index contributed by atoms with van der Waals surface area (Å²) in [5.74, 6) is -0.112. The summed E-state index contributed by atoms with van der Waals surface area (Å²) in [7, 11) is 1.51. The van der Waals surface area contributed by atoms with E-state index in [-0.39, 0.29) is 17.7 Å². The maximum Gasteiger partial charge on any atom is 0.266 e. The lowest BCUT2D eigenvalue weighted by atomic mass is 10.2. The number of halogens is 2. The van der Waals surface area contributed by atoms with Crippen LogP contribution in [0.1, 0.15) is 23.5 Å². The number of nitrogens with zero attached hydrogens (tertiary/aromatic N) is 3. The Labute approximate surface area is 209 Å². The molecule has 3 heterocycles. The van der Waals surface area contributed by atoms with E-state index in [0.29, 0.717) is 38.6 Å². The minimum Gasteiger partial charge on any atom is -0.495 e. The van der Waals surface area contributed by atoms with Gasteiger partial charge in [0.25, 0.3) is 5.91 Å². The van der Waals surface area contributed by atoms with Crippen LogP contribution in [0.2, 0.25) is 0 Å². The Bertz CT molecular complexity index is 1170. The smallest absolute Gasteiger partial charge is 0.266 e. The van der Waals surface area contributed by atoms with Gasteiger partial charge in [-0.05, 0) is 59.4 Å². The van der Waals surface area contributed by atoms with Gasteiger partial charge in [-0.2, -0.15) is 4.98 Å². The van der Waals surface area contributed by atoms with E-state index in [9.17, 15) is 9.18 Å². The van der Waals surface area contributed by atoms with E-state index >= 15 is 0 Å². The van der Waals surface area contributed by atoms with Gasteiger partial charge in [-0.15, -0.1) is 11.3 Å². The minimum absolute atomic E-state index is 0.0113. The lowest BCUT2D eigenvalue weighted by Gasteiger charge is -2.35. The molecule has 0 aliphatic carbocycles. The van der Waals surface area contributed by atoms with Gasteiger partial charge in [-0.1, -0.05) is 0 Å². The summed E-state index contributed by atoms with van der Waals surface area (Å²) in [6.07, 6.45) is 1.12. The Hall–Kier alpha value is -2.80. The Morgan fingerprint density at radius 1 is 1.29 bits per heavy atom. The molecule has 4 rings (SSSR count). The van der Waals surface area contributed by atoms with E-state index in [1.54, 1.807) is 24.3 Å². The van der Waals surface area contributed by atoms with E-state index in [1.165, 1.54) is 18.4 Å². The zero-order chi connectivity index (χ0) is 24.2. The summed E-state index contributed by atoms with van der Waals surface area (Å²) in [5, 5.41) is 13.1. The van der Waals surface area contributed by atoms with E-state index in [4.69, 9.17) is 4.74 Å². The number of benzene rings is 1. The average molecular weight is 550 g/mol. The van der Waals surface area contributed by atoms with Gasteiger partial charge in [-0.25, -0.2) is 14.4 Å². The molecule has 0 spiro atoms. The predicted molar refractivity (Wildman–Crippen MR) is 135 cm³/mol. The SMILES string of the molecule is COc1ccc(Nc2nc(NN3C[C@@H](C)N[C@@H](C)C3)ncc2F)cc1NC(=O)c1sccc1Br. The van der Waals surface area contributed by atoms with Gasteiger partial charge < -0.3 is 20.7 Å². The molecular weight excluding hydrogens is 525 g/mol. The molecule has 0 bridgehead atoms. The Balaban J connectivity index is 1.52. The van der Waals surface area contributed by atoms with Crippen molar-refractivity contribution in [2.45, 2.75) is 25.9 Å². The van der Waals surface area contributed by atoms with Crippen molar-refractivity contribution in [3.8, 4) is 5.75 Å². The molecule has 1 fully saturated rings. The molecule has 0 unspecified atom stereocenters. The Morgan fingerprint density at radius 2 is 2.06 bits per heavy atom. The molecule has 2 atom stereocenters. The quantitative estimate of drug-likeness (QED) is 0.342. The van der Waals surface area contributed by atoms with Crippen molar-refractivity contribution in [2.75, 3.05) is 36.3 Å². The zero-order valence-corrected chi connectivity index (χ0v) is 21.3. The first-order chi connectivity index (χ1) is 16.3. The summed E-state index contributed by atoms with van der Waals surface area (Å²) in [4.78, 5) is 21.6. The predicted octanol–water partition coefficient (Wildman–Crippen LogP) is 4.45. The van der Waals surface area contributed by atoms with Crippen molar-refractivity contribution in [3.05, 3.63) is 51.0 Å². The number of anilines is 4. The lowest BCUT2D eigenvalue weighted by Crippen LogP contribution is -2.55. The highest BCUT2D eigenvalue weighted by Crippen LogP contribution is 2.31. The second kappa shape index (κ2) is 10.6. The van der Waals surface area contributed by atoms with Gasteiger partial charge in [0.05, 0.1) is 19.0 Å². The fourth-order valence-electron chi connectivity index (χ4n) is 3.72. The minimum atomic E-state index is -0.600. The van der Waals surface area contributed by atoms with Crippen LogP contribution < -0.4 is 26.1 Å². The van der Waals surface area contributed by atoms with Gasteiger partial charge in [0.15, 0.2) is 11.6 Å². The van der Waals surface area contributed by atoms with Crippen LogP contribution in [-0.2, 0) is 0 Å². The molecule has 1 saturated heterocycles. The fourth-order valence-corrected chi connectivity index (χ4v) is 5.17. The Morgan fingerprint density at radius 3 is 2.74 bits per heavy atom. The van der Waals surface area contributed by atoms with Gasteiger partial charge in [-0.3, -0.25) is 10.2 Å². The van der Waals surface area contributed by atoms with Crippen LogP contribution in [-0.4, -0.2) is 53.2 Å². The molecule has 12 heteroatoms. The number of amides is 1. The number of hydrogen-bond acceptors (Lipinski definition) is 9. The third kappa shape index (κ3) is 5.81. The monoisotopic (exact) mass is 549 g/mol. The first-order valence-corrected chi connectivity index (χ1v) is 12.3. The summed E-state index contributed by atoms with van der Waals surface area (Å²) in [5.41, 5.74) is 4.12. The van der Waals surface area contributed by atoms with Crippen molar-refractivity contribution < 1.29 is 13.9 Å². The largest absolute Gasteiger partial charge is 0.495 e. The second-order valence-electron chi connectivity index (χ2n) is 7.97. The number of hydrogen-bond donors (Lipinski definition) is 4. The summed E-state index contributed by atoms with van der Waals surface area (Å²) < 4.78 is 20.6. The maximum atomic E-state index is 14.5. The number of ether oxygens (including phenoxy) is 1. The van der Waals surface area contributed by atoms with Crippen LogP contribution in [0, 0.1) is 5.82 Å². The highest BCUT2D eigenvalue weighted by atomic mass is 79.9. The second-order valence-corrected chi connectivity index (χ2v) is 9.74. The first kappa shape index (κ1) is 24.3. The van der Waals surface area contributed by atoms with E-state index in [0.717, 1.165) is 19.3 Å². The number of carbonyl (C=O) groups excluding carboxylic acids is 1. The van der Waals surface area contributed by atoms with Crippen molar-refractivity contribution in [1.29, 1.82) is 0 Å². The summed E-state index contributed by atoms with van der Waals surface area (Å²) in [6.45, 7) is 5.71. The zero-order valence-electron chi connectivity index (χ0n) is 18.9. The van der Waals surface area contributed by atoms with Crippen LogP contribution >= 0.6 is 27.3 Å². The highest BCUT2D eigenvalue weighted by molar-refractivity contribution is 9.10. The van der Waals surface area contributed by atoms with Gasteiger partial charge in [0.1, 0.15) is 10.6 Å². The number of carbonyl (C=O) groups is 1. The van der Waals surface area contributed by atoms with Crippen LogP contribution in [0.4, 0.5) is 27.5 Å². The molecule has 3 aromatic rings. The van der Waals surface area contributed by atoms with E-state index in [1.807, 2.05) is 10.4 Å². The molecule has 2 aromatic heterocycles. The number of hydrazine groups is 1. The molecule has 0 saturated carbocycles. The summed E-state index contributed by atoms with van der Waals surface area (Å²) >= 11 is 4.69. The molecule has 9 nitrogen and oxygen atoms in total. The molecule has 180 valence electrons. The van der Waals surface area contributed by atoms with Crippen molar-refractivity contribution in [1.82, 2.24) is 20.3 Å². The number of piperazine rings is 1. The van der Waals surface area contributed by atoms with E-state index in [2.05, 4.69) is 61.1 Å². The van der Waals surface area contributed by atoms with Crippen molar-refractivity contribution >= 4 is 56.3 Å². The number of rotatable bonds is 7. The molecule has 1 aliphatic heterocycles. The molecule has 1 aliphatic rings. The number of aromatic nitrogens is 2. The summed E-state index contributed by atoms with van der Waals surface area (Å²) in [6, 6.07) is 7.47. The van der Waals surface area contributed by atoms with Gasteiger partial charge in [0, 0.05) is 35.3 Å². The molecule has 34 heavy (non-hydrogen) atoms. The van der Waals surface area contributed by atoms with Crippen molar-refractivity contribution in [2.24, 2.45) is 0 Å². The standard InChI is InChI=1S/C22H25BrFN7O2S/c1-12-10-31(11-13(2)26-12)30-22-25-9-16(24)20(29-22)27-14-4-5-18(33-3)17(8-14)28-21(32)19-15(23)6-7-34-19/h4-9,12-13,26H,10-11H2,1-3H3,(H,28,32)(H2,25,27,29,30)/t12-,13+. The highest BCUT2D eigenvalue weighted by Gasteiger charge is 2.22. The fraction of sp³-hybridized carbons (Fsp3) is 0.318. The first-order valence-electron chi connectivity index (χ1n) is 10.6. The van der Waals surface area contributed by atoms with Gasteiger partial charge >= 0.3 is 0 Å². The van der Waals surface area contributed by atoms with E-state index < -0.39 is 5.82 Å². The molecular formula is C22H25BrFN7O2S. The molecule has 1 amide bonds. The number of thiophene rings is 1. The molecule has 4 N–H and O–H groups in total. The molecule has 1 aromatic carbocycles. The van der Waals surface area contributed by atoms with Crippen molar-refractivity contribution in [3.63, 3.8) is 0 Å². The van der Waals surface area contributed by atoms with Gasteiger partial charge in [0.2, 0.25) is 5.95 Å². The third-order valence-electron chi connectivity index (χ3n) is 5.09. The van der Waals surface area contributed by atoms with Crippen LogP contribution in [0.15, 0.2) is 40.3 Å². The molecule has 0 radical (unpaired) electrons. The average Bonchev–Trinajstić information content (AvgIpc) is 3.21. The lowest BCUT2D eigenvalue weighted by molar-refractivity contribution is 0.102. The number of nitrogens with one attached hydrogen (secondary N) is 4. The normalized spacial score (nSPS) is 18.4. The number of methoxy groups -OCH3 is 1. The van der Waals surface area contributed by atoms with Crippen LogP contribution in [0.3, 0.4) is 0 Å². The Kier molecular flexibility index (Phi) is 7.61. The topological polar surface area (TPSA) is 103 Å². The van der Waals surface area contributed by atoms with Crippen LogP contribution in [0.5, 0.6) is 5.75 Å².